The smallest absolute Gasteiger partial charge is 0.327 e. The van der Waals surface area contributed by atoms with Crippen LogP contribution in [0.5, 0.6) is 0 Å². The maximum absolute atomic E-state index is 12.2. The van der Waals surface area contributed by atoms with Crippen LogP contribution in [0.25, 0.3) is 0 Å². The second kappa shape index (κ2) is 5.78. The van der Waals surface area contributed by atoms with Crippen LogP contribution < -0.4 is 5.32 Å². The molecule has 0 spiro atoms. The Bertz CT molecular complexity index is 527. The number of carbonyl (C=O) groups excluding carboxylic acids is 1. The molecule has 1 saturated carbocycles. The van der Waals surface area contributed by atoms with Crippen molar-refractivity contribution in [1.82, 2.24) is 10.2 Å². The number of rotatable bonds is 5. The molecule has 4 heteroatoms. The Morgan fingerprint density at radius 2 is 2.10 bits per heavy atom. The Kier molecular flexibility index (Phi) is 4.00. The minimum Gasteiger partial charge on any atom is -0.468 e. The van der Waals surface area contributed by atoms with Gasteiger partial charge in [-0.05, 0) is 37.3 Å². The number of nitrogens with zero attached hydrogens (tertiary/aromatic N) is 1. The van der Waals surface area contributed by atoms with Gasteiger partial charge in [0.25, 0.3) is 0 Å². The van der Waals surface area contributed by atoms with Crippen LogP contribution in [0.3, 0.4) is 0 Å². The van der Waals surface area contributed by atoms with Crippen LogP contribution in [0.1, 0.15) is 30.9 Å². The van der Waals surface area contributed by atoms with Crippen molar-refractivity contribution in [1.29, 1.82) is 0 Å². The number of hydrogen-bond donors (Lipinski definition) is 1. The Labute approximate surface area is 126 Å². The molecule has 1 fully saturated rings. The zero-order chi connectivity index (χ0) is 14.9. The number of methoxy groups -OCH3 is 1. The summed E-state index contributed by atoms with van der Waals surface area (Å²) in [4.78, 5) is 14.6. The lowest BCUT2D eigenvalue weighted by Gasteiger charge is -2.36. The molecule has 3 rings (SSSR count). The van der Waals surface area contributed by atoms with E-state index in [1.807, 2.05) is 6.92 Å². The fourth-order valence-electron chi connectivity index (χ4n) is 3.21. The molecule has 1 heterocycles. The quantitative estimate of drug-likeness (QED) is 0.838. The van der Waals surface area contributed by atoms with E-state index in [-0.39, 0.29) is 5.97 Å². The van der Waals surface area contributed by atoms with E-state index >= 15 is 0 Å². The molecule has 0 bridgehead atoms. The first kappa shape index (κ1) is 14.5. The van der Waals surface area contributed by atoms with Gasteiger partial charge in [0.2, 0.25) is 0 Å². The van der Waals surface area contributed by atoms with Crippen molar-refractivity contribution in [2.75, 3.05) is 20.2 Å². The first-order valence-corrected chi connectivity index (χ1v) is 7.76. The van der Waals surface area contributed by atoms with E-state index in [0.29, 0.717) is 12.6 Å². The van der Waals surface area contributed by atoms with Gasteiger partial charge in [-0.3, -0.25) is 15.0 Å². The fourth-order valence-corrected chi connectivity index (χ4v) is 3.21. The molecule has 0 aromatic heterocycles. The minimum atomic E-state index is -0.609. The number of benzene rings is 1. The van der Waals surface area contributed by atoms with Crippen molar-refractivity contribution in [2.24, 2.45) is 0 Å². The van der Waals surface area contributed by atoms with Crippen LogP contribution in [0, 0.1) is 0 Å². The van der Waals surface area contributed by atoms with Crippen LogP contribution in [0.15, 0.2) is 24.3 Å². The van der Waals surface area contributed by atoms with Gasteiger partial charge >= 0.3 is 5.97 Å². The summed E-state index contributed by atoms with van der Waals surface area (Å²) in [5.74, 6) is -0.159. The van der Waals surface area contributed by atoms with Gasteiger partial charge in [-0.15, -0.1) is 0 Å². The van der Waals surface area contributed by atoms with Crippen molar-refractivity contribution in [3.63, 3.8) is 0 Å². The number of hydrogen-bond acceptors (Lipinski definition) is 4. The lowest BCUT2D eigenvalue weighted by atomic mass is 9.96. The molecule has 114 valence electrons. The lowest BCUT2D eigenvalue weighted by molar-refractivity contribution is -0.149. The summed E-state index contributed by atoms with van der Waals surface area (Å²) in [5, 5.41) is 3.47. The second-order valence-corrected chi connectivity index (χ2v) is 6.47. The molecule has 1 aliphatic heterocycles. The highest BCUT2D eigenvalue weighted by atomic mass is 16.5. The van der Waals surface area contributed by atoms with Gasteiger partial charge < -0.3 is 4.74 Å². The van der Waals surface area contributed by atoms with Gasteiger partial charge in [0.1, 0.15) is 5.54 Å². The zero-order valence-corrected chi connectivity index (χ0v) is 12.9. The molecule has 0 saturated heterocycles. The van der Waals surface area contributed by atoms with E-state index in [9.17, 15) is 4.79 Å². The van der Waals surface area contributed by atoms with Crippen LogP contribution >= 0.6 is 0 Å². The van der Waals surface area contributed by atoms with E-state index in [4.69, 9.17) is 4.74 Å². The molecule has 1 aromatic carbocycles. The summed E-state index contributed by atoms with van der Waals surface area (Å²) in [5.41, 5.74) is 2.20. The van der Waals surface area contributed by atoms with Gasteiger partial charge in [-0.25, -0.2) is 0 Å². The molecule has 1 N–H and O–H groups in total. The number of nitrogens with one attached hydrogen (secondary N) is 1. The summed E-state index contributed by atoms with van der Waals surface area (Å²) in [6.45, 7) is 4.58. The van der Waals surface area contributed by atoms with Gasteiger partial charge in [0.15, 0.2) is 0 Å². The average Bonchev–Trinajstić information content (AvgIpc) is 3.29. The molecule has 1 unspecified atom stereocenters. The molecular formula is C17H24N2O2. The summed E-state index contributed by atoms with van der Waals surface area (Å²) in [7, 11) is 1.47. The standard InChI is InChI=1S/C17H24N2O2/c1-17(16(20)21-2,18-15-7-8-15)12-19-10-9-13-5-3-4-6-14(13)11-19/h3-6,15,18H,7-12H2,1-2H3. The van der Waals surface area contributed by atoms with Crippen LogP contribution in [0.4, 0.5) is 0 Å². The van der Waals surface area contributed by atoms with Crippen LogP contribution in [-0.4, -0.2) is 42.6 Å². The van der Waals surface area contributed by atoms with E-state index in [1.165, 1.54) is 18.2 Å². The Hall–Kier alpha value is -1.39. The Morgan fingerprint density at radius 1 is 1.38 bits per heavy atom. The first-order valence-electron chi connectivity index (χ1n) is 7.76. The van der Waals surface area contributed by atoms with Crippen molar-refractivity contribution in [3.8, 4) is 0 Å². The van der Waals surface area contributed by atoms with E-state index in [1.54, 1.807) is 0 Å². The SMILES string of the molecule is COC(=O)C(C)(CN1CCc2ccccc2C1)NC1CC1. The molecule has 2 aliphatic rings. The van der Waals surface area contributed by atoms with Crippen molar-refractivity contribution < 1.29 is 9.53 Å². The fraction of sp³-hybridized carbons (Fsp3) is 0.588. The highest BCUT2D eigenvalue weighted by Crippen LogP contribution is 2.25. The molecule has 4 nitrogen and oxygen atoms in total. The summed E-state index contributed by atoms with van der Waals surface area (Å²) >= 11 is 0. The highest BCUT2D eigenvalue weighted by molar-refractivity contribution is 5.80. The molecule has 0 radical (unpaired) electrons. The third-order valence-corrected chi connectivity index (χ3v) is 4.49. The Balaban J connectivity index is 1.70. The Morgan fingerprint density at radius 3 is 2.76 bits per heavy atom. The maximum atomic E-state index is 12.2. The van der Waals surface area contributed by atoms with Crippen LogP contribution in [0.2, 0.25) is 0 Å². The number of esters is 1. The molecule has 1 atom stereocenters. The normalized spacial score (nSPS) is 21.4. The molecule has 1 aromatic rings. The number of carbonyl (C=O) groups is 1. The molecule has 0 amide bonds. The van der Waals surface area contributed by atoms with Gasteiger partial charge in [-0.1, -0.05) is 24.3 Å². The summed E-state index contributed by atoms with van der Waals surface area (Å²) in [6.07, 6.45) is 3.38. The lowest BCUT2D eigenvalue weighted by Crippen LogP contribution is -2.58. The molecular weight excluding hydrogens is 264 g/mol. The van der Waals surface area contributed by atoms with E-state index < -0.39 is 5.54 Å². The van der Waals surface area contributed by atoms with Crippen LogP contribution in [-0.2, 0) is 22.5 Å². The van der Waals surface area contributed by atoms with Crippen molar-refractivity contribution in [3.05, 3.63) is 35.4 Å². The zero-order valence-electron chi connectivity index (χ0n) is 12.9. The molecule has 1 aliphatic carbocycles. The monoisotopic (exact) mass is 288 g/mol. The third kappa shape index (κ3) is 3.27. The summed E-state index contributed by atoms with van der Waals surface area (Å²) < 4.78 is 5.03. The largest absolute Gasteiger partial charge is 0.468 e. The predicted molar refractivity (Wildman–Crippen MR) is 82.0 cm³/mol. The second-order valence-electron chi connectivity index (χ2n) is 6.47. The third-order valence-electron chi connectivity index (χ3n) is 4.49. The van der Waals surface area contributed by atoms with Gasteiger partial charge in [0, 0.05) is 25.7 Å². The van der Waals surface area contributed by atoms with E-state index in [0.717, 1.165) is 32.4 Å². The van der Waals surface area contributed by atoms with Crippen molar-refractivity contribution in [2.45, 2.75) is 44.3 Å². The first-order chi connectivity index (χ1) is 10.1. The molecule has 21 heavy (non-hydrogen) atoms. The number of fused-ring (bicyclic) bond motifs is 1. The van der Waals surface area contributed by atoms with Crippen molar-refractivity contribution >= 4 is 5.97 Å². The number of ether oxygens (including phenoxy) is 1. The summed E-state index contributed by atoms with van der Waals surface area (Å²) in [6, 6.07) is 9.05. The van der Waals surface area contributed by atoms with Gasteiger partial charge in [-0.2, -0.15) is 0 Å². The predicted octanol–water partition coefficient (Wildman–Crippen LogP) is 1.73. The van der Waals surface area contributed by atoms with Gasteiger partial charge in [0.05, 0.1) is 7.11 Å². The topological polar surface area (TPSA) is 41.6 Å². The minimum absolute atomic E-state index is 0.159. The maximum Gasteiger partial charge on any atom is 0.327 e. The highest BCUT2D eigenvalue weighted by Gasteiger charge is 2.41. The average molecular weight is 288 g/mol. The van der Waals surface area contributed by atoms with E-state index in [2.05, 4.69) is 34.5 Å².